The zero-order chi connectivity index (χ0) is 14.9. The Labute approximate surface area is 127 Å². The molecule has 0 amide bonds. The molecule has 110 valence electrons. The second-order valence-electron chi connectivity index (χ2n) is 5.37. The molecule has 6 heteroatoms. The lowest BCUT2D eigenvalue weighted by Gasteiger charge is -2.40. The summed E-state index contributed by atoms with van der Waals surface area (Å²) < 4.78 is 5.96. The van der Waals surface area contributed by atoms with Crippen LogP contribution in [0.15, 0.2) is 43.1 Å². The third-order valence-corrected chi connectivity index (χ3v) is 3.74. The number of anilines is 1. The van der Waals surface area contributed by atoms with Gasteiger partial charge in [-0.05, 0) is 19.1 Å². The molecule has 1 saturated heterocycles. The lowest BCUT2D eigenvalue weighted by atomic mass is 10.1. The Kier molecular flexibility index (Phi) is 3.07. The van der Waals surface area contributed by atoms with Gasteiger partial charge in [0, 0.05) is 29.5 Å². The molecule has 0 unspecified atom stereocenters. The maximum Gasteiger partial charge on any atom is 0.140 e. The summed E-state index contributed by atoms with van der Waals surface area (Å²) in [5.41, 5.74) is 1.82. The first-order chi connectivity index (χ1) is 10.8. The molecule has 0 aromatic carbocycles. The van der Waals surface area contributed by atoms with E-state index in [1.165, 1.54) is 0 Å². The van der Waals surface area contributed by atoms with Gasteiger partial charge in [-0.1, -0.05) is 0 Å². The van der Waals surface area contributed by atoms with Crippen LogP contribution in [0.1, 0.15) is 5.69 Å². The summed E-state index contributed by atoms with van der Waals surface area (Å²) in [6, 6.07) is 5.79. The molecule has 4 heterocycles. The van der Waals surface area contributed by atoms with Crippen LogP contribution in [-0.2, 0) is 0 Å². The number of aromatic nitrogens is 4. The first-order valence-corrected chi connectivity index (χ1v) is 7.18. The lowest BCUT2D eigenvalue weighted by Crippen LogP contribution is -2.54. The zero-order valence-corrected chi connectivity index (χ0v) is 12.2. The topological polar surface area (TPSA) is 64.0 Å². The summed E-state index contributed by atoms with van der Waals surface area (Å²) in [7, 11) is 0. The zero-order valence-electron chi connectivity index (χ0n) is 12.2. The van der Waals surface area contributed by atoms with Gasteiger partial charge < -0.3 is 9.64 Å². The second kappa shape index (κ2) is 5.22. The van der Waals surface area contributed by atoms with E-state index in [-0.39, 0.29) is 6.10 Å². The largest absolute Gasteiger partial charge is 0.487 e. The van der Waals surface area contributed by atoms with Gasteiger partial charge in [-0.2, -0.15) is 0 Å². The molecule has 6 nitrogen and oxygen atoms in total. The van der Waals surface area contributed by atoms with Crippen molar-refractivity contribution in [2.75, 3.05) is 18.0 Å². The van der Waals surface area contributed by atoms with Gasteiger partial charge in [-0.3, -0.25) is 9.97 Å². The molecule has 0 saturated carbocycles. The highest BCUT2D eigenvalue weighted by Gasteiger charge is 2.30. The molecule has 4 rings (SSSR count). The van der Waals surface area contributed by atoms with Crippen LogP contribution in [0.25, 0.3) is 10.9 Å². The molecule has 3 aromatic rings. The molecule has 0 aliphatic carbocycles. The molecular formula is C16H15N5O. The van der Waals surface area contributed by atoms with Crippen molar-refractivity contribution in [1.29, 1.82) is 0 Å². The minimum atomic E-state index is 0.175. The molecule has 1 aliphatic heterocycles. The fourth-order valence-electron chi connectivity index (χ4n) is 2.62. The van der Waals surface area contributed by atoms with Crippen LogP contribution in [0.4, 0.5) is 5.82 Å². The van der Waals surface area contributed by atoms with Gasteiger partial charge in [0.15, 0.2) is 0 Å². The highest BCUT2D eigenvalue weighted by Crippen LogP contribution is 2.27. The van der Waals surface area contributed by atoms with E-state index >= 15 is 0 Å². The molecule has 0 radical (unpaired) electrons. The standard InChI is InChI=1S/C16H15N5O/c1-11-6-12(2-5-18-11)22-13-8-21(9-13)16-14-3-4-17-7-15(14)19-10-20-16/h2-7,10,13H,8-9H2,1H3. The fourth-order valence-corrected chi connectivity index (χ4v) is 2.62. The van der Waals surface area contributed by atoms with E-state index in [1.54, 1.807) is 24.9 Å². The lowest BCUT2D eigenvalue weighted by molar-refractivity contribution is 0.167. The SMILES string of the molecule is Cc1cc(OC2CN(c3ncnc4cnccc34)C2)ccn1. The van der Waals surface area contributed by atoms with E-state index in [2.05, 4.69) is 24.8 Å². The molecule has 0 N–H and O–H groups in total. The average molecular weight is 293 g/mol. The molecule has 3 aromatic heterocycles. The van der Waals surface area contributed by atoms with Crippen molar-refractivity contribution in [3.8, 4) is 5.75 Å². The quantitative estimate of drug-likeness (QED) is 0.736. The predicted octanol–water partition coefficient (Wildman–Crippen LogP) is 2.00. The summed E-state index contributed by atoms with van der Waals surface area (Å²) in [4.78, 5) is 19.1. The smallest absolute Gasteiger partial charge is 0.140 e. The number of rotatable bonds is 3. The van der Waals surface area contributed by atoms with E-state index in [4.69, 9.17) is 4.74 Å². The molecule has 0 spiro atoms. The van der Waals surface area contributed by atoms with E-state index < -0.39 is 0 Å². The average Bonchev–Trinajstić information content (AvgIpc) is 2.50. The van der Waals surface area contributed by atoms with Crippen LogP contribution < -0.4 is 9.64 Å². The van der Waals surface area contributed by atoms with Crippen molar-refractivity contribution in [3.63, 3.8) is 0 Å². The Morgan fingerprint density at radius 1 is 1.14 bits per heavy atom. The molecular weight excluding hydrogens is 278 g/mol. The van der Waals surface area contributed by atoms with Crippen LogP contribution in [0, 0.1) is 6.92 Å². The van der Waals surface area contributed by atoms with Crippen LogP contribution >= 0.6 is 0 Å². The van der Waals surface area contributed by atoms with Crippen LogP contribution in [-0.4, -0.2) is 39.1 Å². The minimum absolute atomic E-state index is 0.175. The van der Waals surface area contributed by atoms with Gasteiger partial charge in [0.2, 0.25) is 0 Å². The van der Waals surface area contributed by atoms with E-state index in [1.807, 2.05) is 25.1 Å². The summed E-state index contributed by atoms with van der Waals surface area (Å²) in [5, 5.41) is 1.02. The van der Waals surface area contributed by atoms with Gasteiger partial charge in [-0.15, -0.1) is 0 Å². The Morgan fingerprint density at radius 3 is 2.91 bits per heavy atom. The molecule has 0 bridgehead atoms. The molecule has 22 heavy (non-hydrogen) atoms. The first kappa shape index (κ1) is 12.9. The van der Waals surface area contributed by atoms with Crippen LogP contribution in [0.2, 0.25) is 0 Å². The van der Waals surface area contributed by atoms with Gasteiger partial charge in [0.25, 0.3) is 0 Å². The minimum Gasteiger partial charge on any atom is -0.487 e. The number of hydrogen-bond acceptors (Lipinski definition) is 6. The number of nitrogens with zero attached hydrogens (tertiary/aromatic N) is 5. The number of pyridine rings is 2. The number of hydrogen-bond donors (Lipinski definition) is 0. The summed E-state index contributed by atoms with van der Waals surface area (Å²) in [6.07, 6.45) is 7.05. The summed E-state index contributed by atoms with van der Waals surface area (Å²) in [6.45, 7) is 3.59. The third-order valence-electron chi connectivity index (χ3n) is 3.74. The van der Waals surface area contributed by atoms with Crippen molar-refractivity contribution in [2.45, 2.75) is 13.0 Å². The van der Waals surface area contributed by atoms with Crippen molar-refractivity contribution in [2.24, 2.45) is 0 Å². The Bertz CT molecular complexity index is 811. The number of ether oxygens (including phenoxy) is 1. The van der Waals surface area contributed by atoms with Crippen LogP contribution in [0.5, 0.6) is 5.75 Å². The van der Waals surface area contributed by atoms with Crippen molar-refractivity contribution >= 4 is 16.7 Å². The Hall–Kier alpha value is -2.76. The summed E-state index contributed by atoms with van der Waals surface area (Å²) >= 11 is 0. The summed E-state index contributed by atoms with van der Waals surface area (Å²) in [5.74, 6) is 1.81. The second-order valence-corrected chi connectivity index (χ2v) is 5.37. The van der Waals surface area contributed by atoms with Gasteiger partial charge >= 0.3 is 0 Å². The Morgan fingerprint density at radius 2 is 2.05 bits per heavy atom. The van der Waals surface area contributed by atoms with Crippen molar-refractivity contribution in [3.05, 3.63) is 48.8 Å². The van der Waals surface area contributed by atoms with Gasteiger partial charge in [0.1, 0.15) is 24.0 Å². The normalized spacial score (nSPS) is 14.9. The van der Waals surface area contributed by atoms with Crippen LogP contribution in [0.3, 0.4) is 0 Å². The third kappa shape index (κ3) is 2.32. The van der Waals surface area contributed by atoms with E-state index in [9.17, 15) is 0 Å². The highest BCUT2D eigenvalue weighted by molar-refractivity contribution is 5.88. The molecule has 0 atom stereocenters. The number of aryl methyl sites for hydroxylation is 1. The molecule has 1 aliphatic rings. The maximum atomic E-state index is 5.96. The molecule has 1 fully saturated rings. The maximum absolute atomic E-state index is 5.96. The van der Waals surface area contributed by atoms with E-state index in [0.717, 1.165) is 41.3 Å². The fraction of sp³-hybridized carbons (Fsp3) is 0.250. The highest BCUT2D eigenvalue weighted by atomic mass is 16.5. The van der Waals surface area contributed by atoms with Crippen molar-refractivity contribution in [1.82, 2.24) is 19.9 Å². The first-order valence-electron chi connectivity index (χ1n) is 7.18. The van der Waals surface area contributed by atoms with E-state index in [0.29, 0.717) is 0 Å². The predicted molar refractivity (Wildman–Crippen MR) is 82.9 cm³/mol. The van der Waals surface area contributed by atoms with Crippen molar-refractivity contribution < 1.29 is 4.74 Å². The van der Waals surface area contributed by atoms with Gasteiger partial charge in [-0.25, -0.2) is 9.97 Å². The Balaban J connectivity index is 1.48. The van der Waals surface area contributed by atoms with Gasteiger partial charge in [0.05, 0.1) is 24.8 Å². The monoisotopic (exact) mass is 293 g/mol. The number of fused-ring (bicyclic) bond motifs is 1.